The first-order valence-corrected chi connectivity index (χ1v) is 7.82. The minimum absolute atomic E-state index is 0.192. The van der Waals surface area contributed by atoms with E-state index in [1.807, 2.05) is 0 Å². The van der Waals surface area contributed by atoms with Crippen LogP contribution in [0.4, 0.5) is 22.0 Å². The van der Waals surface area contributed by atoms with E-state index in [-0.39, 0.29) is 11.3 Å². The number of amides is 1. The number of aromatic nitrogens is 2. The highest BCUT2D eigenvalue weighted by Gasteiger charge is 2.30. The molecule has 146 valence electrons. The van der Waals surface area contributed by atoms with Crippen molar-refractivity contribution in [3.63, 3.8) is 0 Å². The van der Waals surface area contributed by atoms with E-state index in [9.17, 15) is 26.7 Å². The number of rotatable bonds is 4. The second-order valence-corrected chi connectivity index (χ2v) is 5.82. The van der Waals surface area contributed by atoms with Crippen LogP contribution in [-0.2, 0) is 13.2 Å². The van der Waals surface area contributed by atoms with Gasteiger partial charge in [-0.15, -0.1) is 4.68 Å². The summed E-state index contributed by atoms with van der Waals surface area (Å²) in [5.74, 6) is -4.15. The van der Waals surface area contributed by atoms with Crippen molar-refractivity contribution >= 4 is 5.91 Å². The predicted octanol–water partition coefficient (Wildman–Crippen LogP) is 3.79. The van der Waals surface area contributed by atoms with Gasteiger partial charge in [-0.1, -0.05) is 0 Å². The van der Waals surface area contributed by atoms with Gasteiger partial charge in [0.2, 0.25) is 0 Å². The molecule has 1 aromatic heterocycles. The number of ether oxygens (including phenoxy) is 1. The molecule has 0 aliphatic rings. The van der Waals surface area contributed by atoms with Crippen molar-refractivity contribution < 1.29 is 36.1 Å². The first-order chi connectivity index (χ1) is 13.1. The third-order valence-electron chi connectivity index (χ3n) is 3.66. The van der Waals surface area contributed by atoms with Gasteiger partial charge in [0.1, 0.15) is 11.9 Å². The zero-order chi connectivity index (χ0) is 20.5. The second-order valence-electron chi connectivity index (χ2n) is 5.82. The topological polar surface area (TPSA) is 47.1 Å². The summed E-state index contributed by atoms with van der Waals surface area (Å²) in [7, 11) is 1.72. The fourth-order valence-electron chi connectivity index (χ4n) is 2.32. The molecule has 0 saturated heterocycles. The fourth-order valence-corrected chi connectivity index (χ4v) is 2.32. The summed E-state index contributed by atoms with van der Waals surface area (Å²) in [6, 6.07) is 4.86. The van der Waals surface area contributed by atoms with Crippen molar-refractivity contribution in [3.8, 4) is 11.5 Å². The second kappa shape index (κ2) is 7.29. The largest absolute Gasteiger partial charge is 0.451 e. The summed E-state index contributed by atoms with van der Waals surface area (Å²) >= 11 is 0. The fraction of sp³-hybridized carbons (Fsp3) is 0.111. The highest BCUT2D eigenvalue weighted by molar-refractivity contribution is 6.00. The molecule has 1 amide bonds. The molecule has 0 radical (unpaired) electrons. The van der Waals surface area contributed by atoms with E-state index >= 15 is 0 Å². The van der Waals surface area contributed by atoms with Crippen LogP contribution in [0.2, 0.25) is 0 Å². The van der Waals surface area contributed by atoms with Gasteiger partial charge in [0.15, 0.2) is 23.6 Å². The number of imidazole rings is 1. The lowest BCUT2D eigenvalue weighted by atomic mass is 10.2. The van der Waals surface area contributed by atoms with Gasteiger partial charge in [0.25, 0.3) is 12.2 Å². The van der Waals surface area contributed by atoms with Gasteiger partial charge >= 0.3 is 6.18 Å². The average molecular weight is 398 g/mol. The van der Waals surface area contributed by atoms with E-state index in [0.29, 0.717) is 0 Å². The monoisotopic (exact) mass is 398 g/mol. The van der Waals surface area contributed by atoms with Gasteiger partial charge in [-0.05, 0) is 36.4 Å². The van der Waals surface area contributed by atoms with Crippen molar-refractivity contribution in [2.75, 3.05) is 5.43 Å². The highest BCUT2D eigenvalue weighted by Crippen LogP contribution is 2.33. The van der Waals surface area contributed by atoms with Crippen LogP contribution < -0.4 is 14.7 Å². The molecule has 2 aromatic carbocycles. The molecular formula is C18H13F5N3O2+. The van der Waals surface area contributed by atoms with Crippen LogP contribution in [-0.4, -0.2) is 10.6 Å². The maximum Gasteiger partial charge on any atom is 0.416 e. The summed E-state index contributed by atoms with van der Waals surface area (Å²) < 4.78 is 74.1. The smallest absolute Gasteiger partial charge is 0.416 e. The summed E-state index contributed by atoms with van der Waals surface area (Å²) in [5, 5.41) is 0. The van der Waals surface area contributed by atoms with Gasteiger partial charge in [-0.3, -0.25) is 4.79 Å². The van der Waals surface area contributed by atoms with Crippen molar-refractivity contribution in [3.05, 3.63) is 77.9 Å². The van der Waals surface area contributed by atoms with Crippen LogP contribution in [0.25, 0.3) is 0 Å². The molecule has 28 heavy (non-hydrogen) atoms. The molecule has 3 rings (SSSR count). The van der Waals surface area contributed by atoms with E-state index in [1.54, 1.807) is 17.8 Å². The quantitative estimate of drug-likeness (QED) is 0.537. The van der Waals surface area contributed by atoms with Crippen LogP contribution in [0.5, 0.6) is 11.5 Å². The maximum absolute atomic E-state index is 14.2. The minimum Gasteiger partial charge on any atom is -0.451 e. The van der Waals surface area contributed by atoms with Crippen LogP contribution in [0.1, 0.15) is 15.9 Å². The lowest BCUT2D eigenvalue weighted by Gasteiger charge is -2.11. The number of aryl methyl sites for hydroxylation is 1. The van der Waals surface area contributed by atoms with Crippen LogP contribution in [0.3, 0.4) is 0 Å². The molecule has 5 nitrogen and oxygen atoms in total. The van der Waals surface area contributed by atoms with Crippen molar-refractivity contribution in [2.45, 2.75) is 6.18 Å². The lowest BCUT2D eigenvalue weighted by Crippen LogP contribution is -2.27. The van der Waals surface area contributed by atoms with E-state index in [1.165, 1.54) is 17.2 Å². The Hall–Kier alpha value is -3.43. The molecule has 10 heteroatoms. The number of benzene rings is 2. The maximum atomic E-state index is 14.2. The molecule has 1 N–H and O–H groups in total. The average Bonchev–Trinajstić information content (AvgIpc) is 3.02. The molecule has 0 aliphatic carbocycles. The van der Waals surface area contributed by atoms with Crippen molar-refractivity contribution in [1.82, 2.24) is 4.68 Å². The summed E-state index contributed by atoms with van der Waals surface area (Å²) in [5.41, 5.74) is 1.17. The molecule has 0 saturated carbocycles. The number of hydrogen-bond donors (Lipinski definition) is 1. The van der Waals surface area contributed by atoms with E-state index in [2.05, 4.69) is 5.43 Å². The molecule has 3 aromatic rings. The number of carbonyl (C=O) groups excluding carboxylic acids is 1. The number of alkyl halides is 3. The number of halogens is 5. The summed E-state index contributed by atoms with van der Waals surface area (Å²) in [6.07, 6.45) is 0.142. The molecule has 0 atom stereocenters. The normalized spacial score (nSPS) is 11.4. The summed E-state index contributed by atoms with van der Waals surface area (Å²) in [4.78, 5) is 12.1. The zero-order valence-corrected chi connectivity index (χ0v) is 14.3. The molecule has 0 unspecified atom stereocenters. The first-order valence-electron chi connectivity index (χ1n) is 7.82. The van der Waals surface area contributed by atoms with Crippen LogP contribution in [0, 0.1) is 11.6 Å². The Morgan fingerprint density at radius 2 is 1.71 bits per heavy atom. The number of hydrogen-bond acceptors (Lipinski definition) is 2. The Balaban J connectivity index is 1.79. The van der Waals surface area contributed by atoms with Gasteiger partial charge in [-0.25, -0.2) is 13.3 Å². The third-order valence-corrected chi connectivity index (χ3v) is 3.66. The highest BCUT2D eigenvalue weighted by atomic mass is 19.4. The zero-order valence-electron chi connectivity index (χ0n) is 14.3. The number of nitrogens with zero attached hydrogens (tertiary/aromatic N) is 2. The van der Waals surface area contributed by atoms with Gasteiger partial charge < -0.3 is 4.74 Å². The Labute approximate surface area is 155 Å². The Morgan fingerprint density at radius 1 is 1.11 bits per heavy atom. The SMILES string of the molecule is C[n+]1ccn(NC(=O)c2cc(F)c(Oc3ccc(C(F)(F)F)cc3)c(F)c2)c1. The van der Waals surface area contributed by atoms with Crippen LogP contribution in [0.15, 0.2) is 55.1 Å². The van der Waals surface area contributed by atoms with Gasteiger partial charge in [-0.2, -0.15) is 18.6 Å². The molecule has 0 bridgehead atoms. The third kappa shape index (κ3) is 4.27. The summed E-state index contributed by atoms with van der Waals surface area (Å²) in [6.45, 7) is 0. The first kappa shape index (κ1) is 19.3. The van der Waals surface area contributed by atoms with E-state index in [4.69, 9.17) is 4.74 Å². The Morgan fingerprint density at radius 3 is 2.21 bits per heavy atom. The molecule has 1 heterocycles. The molecule has 0 spiro atoms. The van der Waals surface area contributed by atoms with Gasteiger partial charge in [0, 0.05) is 5.56 Å². The Kier molecular flexibility index (Phi) is 5.04. The molecule has 0 fully saturated rings. The van der Waals surface area contributed by atoms with E-state index < -0.39 is 35.0 Å². The van der Waals surface area contributed by atoms with Crippen molar-refractivity contribution in [1.29, 1.82) is 0 Å². The van der Waals surface area contributed by atoms with Gasteiger partial charge in [0.05, 0.1) is 12.6 Å². The Bertz CT molecular complexity index is 990. The number of carbonyl (C=O) groups is 1. The van der Waals surface area contributed by atoms with Crippen molar-refractivity contribution in [2.24, 2.45) is 7.05 Å². The van der Waals surface area contributed by atoms with E-state index in [0.717, 1.165) is 36.4 Å². The minimum atomic E-state index is -4.54. The lowest BCUT2D eigenvalue weighted by molar-refractivity contribution is -0.670. The van der Waals surface area contributed by atoms with Crippen LogP contribution >= 0.6 is 0 Å². The predicted molar refractivity (Wildman–Crippen MR) is 87.2 cm³/mol. The number of nitrogens with one attached hydrogen (secondary N) is 1. The standard InChI is InChI=1S/C18H12F5N3O2/c1-25-6-7-26(10-25)24-17(27)11-8-14(19)16(15(20)9-11)28-13-4-2-12(3-5-13)18(21,22)23/h2-10H,1H3/p+1. The molecular weight excluding hydrogens is 385 g/mol. The molecule has 0 aliphatic heterocycles.